The number of aromatic nitrogens is 1. The van der Waals surface area contributed by atoms with E-state index in [2.05, 4.69) is 9.71 Å². The molecule has 2 aromatic carbocycles. The predicted octanol–water partition coefficient (Wildman–Crippen LogP) is 3.40. The van der Waals surface area contributed by atoms with Crippen LogP contribution in [0.15, 0.2) is 47.4 Å². The van der Waals surface area contributed by atoms with Gasteiger partial charge in [0.25, 0.3) is 0 Å². The number of benzene rings is 2. The fraction of sp³-hybridized carbons (Fsp3) is 0.176. The molecule has 0 radical (unpaired) electrons. The number of halogens is 1. The van der Waals surface area contributed by atoms with Crippen molar-refractivity contribution in [3.05, 3.63) is 65.1 Å². The molecule has 0 fully saturated rings. The quantitative estimate of drug-likeness (QED) is 0.769. The van der Waals surface area contributed by atoms with E-state index in [1.807, 2.05) is 31.2 Å². The van der Waals surface area contributed by atoms with E-state index in [9.17, 15) is 12.8 Å². The van der Waals surface area contributed by atoms with Gasteiger partial charge in [0, 0.05) is 17.8 Å². The monoisotopic (exact) mass is 332 g/mol. The number of rotatable bonds is 4. The van der Waals surface area contributed by atoms with Crippen molar-refractivity contribution in [2.45, 2.75) is 25.3 Å². The Morgan fingerprint density at radius 2 is 1.87 bits per heavy atom. The normalized spacial score (nSPS) is 12.0. The number of hydrogen-bond donors (Lipinski definition) is 2. The maximum atomic E-state index is 13.3. The van der Waals surface area contributed by atoms with Gasteiger partial charge in [-0.1, -0.05) is 6.07 Å². The molecule has 0 saturated carbocycles. The number of aromatic amines is 1. The molecular formula is C17H17FN2O2S. The Kier molecular flexibility index (Phi) is 3.95. The third kappa shape index (κ3) is 3.28. The van der Waals surface area contributed by atoms with Gasteiger partial charge in [-0.15, -0.1) is 0 Å². The summed E-state index contributed by atoms with van der Waals surface area (Å²) in [6, 6.07) is 11.5. The molecule has 6 heteroatoms. The number of fused-ring (bicyclic) bond motifs is 1. The molecule has 2 N–H and O–H groups in total. The zero-order chi connectivity index (χ0) is 16.6. The lowest BCUT2D eigenvalue weighted by Gasteiger charge is -2.08. The van der Waals surface area contributed by atoms with Crippen LogP contribution in [0.1, 0.15) is 16.8 Å². The smallest absolute Gasteiger partial charge is 0.240 e. The Morgan fingerprint density at radius 3 is 2.61 bits per heavy atom. The molecule has 3 rings (SSSR count). The number of H-pyrrole nitrogens is 1. The summed E-state index contributed by atoms with van der Waals surface area (Å²) in [4.78, 5) is 3.29. The molecule has 1 aromatic heterocycles. The van der Waals surface area contributed by atoms with E-state index in [0.29, 0.717) is 5.56 Å². The van der Waals surface area contributed by atoms with Crippen LogP contribution < -0.4 is 4.72 Å². The highest BCUT2D eigenvalue weighted by Gasteiger charge is 2.15. The molecule has 3 aromatic rings. The molecule has 1 heterocycles. The van der Waals surface area contributed by atoms with E-state index >= 15 is 0 Å². The summed E-state index contributed by atoms with van der Waals surface area (Å²) in [6.45, 7) is 3.69. The summed E-state index contributed by atoms with van der Waals surface area (Å²) in [5, 5.41) is 1.04. The maximum Gasteiger partial charge on any atom is 0.240 e. The van der Waals surface area contributed by atoms with Crippen LogP contribution in [0.25, 0.3) is 10.9 Å². The first kappa shape index (κ1) is 15.7. The van der Waals surface area contributed by atoms with Crippen LogP contribution in [0.3, 0.4) is 0 Å². The van der Waals surface area contributed by atoms with Crippen LogP contribution in [-0.2, 0) is 16.6 Å². The number of aryl methyl sites for hydroxylation is 2. The van der Waals surface area contributed by atoms with E-state index < -0.39 is 15.8 Å². The van der Waals surface area contributed by atoms with Gasteiger partial charge >= 0.3 is 0 Å². The molecule has 0 spiro atoms. The highest BCUT2D eigenvalue weighted by molar-refractivity contribution is 7.89. The molecule has 0 bridgehead atoms. The summed E-state index contributed by atoms with van der Waals surface area (Å²) in [5.41, 5.74) is 3.23. The standard InChI is InChI=1S/C17H17FN2O2S/c1-11-7-15(4-5-16(11)18)23(21,22)19-10-13-3-6-17-14(9-13)8-12(2)20-17/h3-9,19-20H,10H2,1-2H3. The van der Waals surface area contributed by atoms with Crippen molar-refractivity contribution in [3.63, 3.8) is 0 Å². The Balaban J connectivity index is 1.80. The SMILES string of the molecule is Cc1cc2cc(CNS(=O)(=O)c3ccc(F)c(C)c3)ccc2[nH]1. The van der Waals surface area contributed by atoms with Crippen molar-refractivity contribution in [1.82, 2.24) is 9.71 Å². The Labute approximate surface area is 134 Å². The van der Waals surface area contributed by atoms with Crippen LogP contribution in [0.5, 0.6) is 0 Å². The first-order valence-electron chi connectivity index (χ1n) is 7.19. The van der Waals surface area contributed by atoms with E-state index in [1.165, 1.54) is 25.1 Å². The summed E-state index contributed by atoms with van der Waals surface area (Å²) < 4.78 is 40.4. The molecular weight excluding hydrogens is 315 g/mol. The van der Waals surface area contributed by atoms with Gasteiger partial charge in [0.2, 0.25) is 10.0 Å². The van der Waals surface area contributed by atoms with Crippen molar-refractivity contribution in [3.8, 4) is 0 Å². The molecule has 4 nitrogen and oxygen atoms in total. The molecule has 0 aliphatic carbocycles. The minimum Gasteiger partial charge on any atom is -0.359 e. The van der Waals surface area contributed by atoms with Gasteiger partial charge in [0.15, 0.2) is 0 Å². The molecule has 0 atom stereocenters. The summed E-state index contributed by atoms with van der Waals surface area (Å²) in [7, 11) is -3.67. The van der Waals surface area contributed by atoms with Gasteiger partial charge < -0.3 is 4.98 Å². The lowest BCUT2D eigenvalue weighted by Crippen LogP contribution is -2.23. The summed E-state index contributed by atoms with van der Waals surface area (Å²) >= 11 is 0. The minimum atomic E-state index is -3.67. The zero-order valence-electron chi connectivity index (χ0n) is 12.9. The molecule has 0 unspecified atom stereocenters. The fourth-order valence-electron chi connectivity index (χ4n) is 2.48. The second kappa shape index (κ2) is 5.79. The van der Waals surface area contributed by atoms with Crippen LogP contribution in [-0.4, -0.2) is 13.4 Å². The lowest BCUT2D eigenvalue weighted by atomic mass is 10.1. The third-order valence-corrected chi connectivity index (χ3v) is 5.12. The van der Waals surface area contributed by atoms with Gasteiger partial charge in [-0.05, 0) is 66.8 Å². The second-order valence-corrected chi connectivity index (χ2v) is 7.38. The van der Waals surface area contributed by atoms with Crippen molar-refractivity contribution in [2.24, 2.45) is 0 Å². The average molecular weight is 332 g/mol. The molecule has 120 valence electrons. The van der Waals surface area contributed by atoms with E-state index in [4.69, 9.17) is 0 Å². The Bertz CT molecular complexity index is 977. The number of nitrogens with one attached hydrogen (secondary N) is 2. The van der Waals surface area contributed by atoms with E-state index in [1.54, 1.807) is 0 Å². The lowest BCUT2D eigenvalue weighted by molar-refractivity contribution is 0.579. The van der Waals surface area contributed by atoms with Crippen LogP contribution in [0.4, 0.5) is 4.39 Å². The van der Waals surface area contributed by atoms with Crippen LogP contribution in [0.2, 0.25) is 0 Å². The second-order valence-electron chi connectivity index (χ2n) is 5.61. The molecule has 0 saturated heterocycles. The van der Waals surface area contributed by atoms with Gasteiger partial charge in [0.1, 0.15) is 5.82 Å². The average Bonchev–Trinajstić information content (AvgIpc) is 2.87. The third-order valence-electron chi connectivity index (χ3n) is 3.73. The van der Waals surface area contributed by atoms with Gasteiger partial charge in [-0.2, -0.15) is 0 Å². The Hall–Kier alpha value is -2.18. The summed E-state index contributed by atoms with van der Waals surface area (Å²) in [5.74, 6) is -0.419. The molecule has 0 amide bonds. The minimum absolute atomic E-state index is 0.0648. The highest BCUT2D eigenvalue weighted by Crippen LogP contribution is 2.18. The van der Waals surface area contributed by atoms with Crippen molar-refractivity contribution in [1.29, 1.82) is 0 Å². The fourth-order valence-corrected chi connectivity index (χ4v) is 3.59. The van der Waals surface area contributed by atoms with E-state index in [-0.39, 0.29) is 11.4 Å². The number of sulfonamides is 1. The number of hydrogen-bond acceptors (Lipinski definition) is 2. The van der Waals surface area contributed by atoms with Crippen molar-refractivity contribution < 1.29 is 12.8 Å². The molecule has 0 aliphatic heterocycles. The van der Waals surface area contributed by atoms with Gasteiger partial charge in [-0.25, -0.2) is 17.5 Å². The van der Waals surface area contributed by atoms with Gasteiger partial charge in [-0.3, -0.25) is 0 Å². The largest absolute Gasteiger partial charge is 0.359 e. The van der Waals surface area contributed by atoms with Crippen molar-refractivity contribution in [2.75, 3.05) is 0 Å². The predicted molar refractivity (Wildman–Crippen MR) is 88.2 cm³/mol. The zero-order valence-corrected chi connectivity index (χ0v) is 13.7. The maximum absolute atomic E-state index is 13.3. The van der Waals surface area contributed by atoms with Gasteiger partial charge in [0.05, 0.1) is 4.90 Å². The van der Waals surface area contributed by atoms with Crippen molar-refractivity contribution >= 4 is 20.9 Å². The first-order chi connectivity index (χ1) is 10.8. The molecule has 23 heavy (non-hydrogen) atoms. The molecule has 0 aliphatic rings. The van der Waals surface area contributed by atoms with Crippen LogP contribution >= 0.6 is 0 Å². The Morgan fingerprint density at radius 1 is 1.09 bits per heavy atom. The first-order valence-corrected chi connectivity index (χ1v) is 8.67. The van der Waals surface area contributed by atoms with Crippen LogP contribution in [0, 0.1) is 19.7 Å². The topological polar surface area (TPSA) is 62.0 Å². The highest BCUT2D eigenvalue weighted by atomic mass is 32.2. The summed E-state index contributed by atoms with van der Waals surface area (Å²) in [6.07, 6.45) is 0. The van der Waals surface area contributed by atoms with E-state index in [0.717, 1.165) is 22.2 Å².